The van der Waals surface area contributed by atoms with E-state index in [-0.39, 0.29) is 24.9 Å². The zero-order valence-corrected chi connectivity index (χ0v) is 10.4. The maximum atomic E-state index is 14.4. The van der Waals surface area contributed by atoms with Gasteiger partial charge in [0.1, 0.15) is 0 Å². The van der Waals surface area contributed by atoms with Gasteiger partial charge in [0.05, 0.1) is 0 Å². The second kappa shape index (κ2) is 4.90. The molecule has 2 saturated heterocycles. The van der Waals surface area contributed by atoms with Crippen LogP contribution in [0.15, 0.2) is 0 Å². The molecule has 5 heteroatoms. The van der Waals surface area contributed by atoms with Crippen LogP contribution < -0.4 is 11.1 Å². The molecule has 98 valence electrons. The molecule has 0 unspecified atom stereocenters. The quantitative estimate of drug-likeness (QED) is 0.732. The van der Waals surface area contributed by atoms with Gasteiger partial charge in [0, 0.05) is 32.1 Å². The lowest BCUT2D eigenvalue weighted by atomic mass is 9.89. The van der Waals surface area contributed by atoms with E-state index in [0.717, 1.165) is 12.8 Å². The molecule has 3 atom stereocenters. The number of alkyl halides is 1. The van der Waals surface area contributed by atoms with Crippen LogP contribution in [-0.4, -0.2) is 48.7 Å². The van der Waals surface area contributed by atoms with Crippen LogP contribution >= 0.6 is 0 Å². The predicted molar refractivity (Wildman–Crippen MR) is 64.3 cm³/mol. The van der Waals surface area contributed by atoms with Crippen molar-refractivity contribution in [3.8, 4) is 0 Å². The Bertz CT molecular complexity index is 291. The highest BCUT2D eigenvalue weighted by Crippen LogP contribution is 2.29. The molecule has 0 aromatic carbocycles. The van der Waals surface area contributed by atoms with E-state index >= 15 is 0 Å². The number of hydrogen-bond donors (Lipinski definition) is 2. The molecule has 1 amide bonds. The summed E-state index contributed by atoms with van der Waals surface area (Å²) in [4.78, 5) is 14.0. The minimum Gasteiger partial charge on any atom is -0.335 e. The number of halogens is 1. The SMILES string of the molecule is C[C@@H]1CCCN(C(=O)[C@]2(F)CCNC2)[C@@H]1CN. The standard InChI is InChI=1S/C12H22FN3O/c1-9-3-2-6-16(10(9)7-14)11(17)12(13)4-5-15-8-12/h9-10,15H,2-8,14H2,1H3/t9-,10-,12+/m1/s1. The number of nitrogens with two attached hydrogens (primary N) is 1. The number of nitrogens with zero attached hydrogens (tertiary/aromatic N) is 1. The third kappa shape index (κ3) is 2.31. The van der Waals surface area contributed by atoms with E-state index in [1.165, 1.54) is 0 Å². The molecule has 4 nitrogen and oxygen atoms in total. The normalized spacial score (nSPS) is 38.4. The van der Waals surface area contributed by atoms with E-state index in [0.29, 0.717) is 25.6 Å². The molecule has 0 aromatic heterocycles. The first-order chi connectivity index (χ1) is 8.08. The molecule has 0 aromatic rings. The van der Waals surface area contributed by atoms with Gasteiger partial charge in [-0.05, 0) is 25.3 Å². The fourth-order valence-electron chi connectivity index (χ4n) is 2.96. The van der Waals surface area contributed by atoms with Crippen molar-refractivity contribution in [1.82, 2.24) is 10.2 Å². The number of carbonyl (C=O) groups excluding carboxylic acids is 1. The fraction of sp³-hybridized carbons (Fsp3) is 0.917. The second-order valence-corrected chi connectivity index (χ2v) is 5.31. The highest BCUT2D eigenvalue weighted by molar-refractivity contribution is 5.86. The average molecular weight is 243 g/mol. The van der Waals surface area contributed by atoms with Crippen molar-refractivity contribution in [2.75, 3.05) is 26.2 Å². The number of piperidine rings is 1. The largest absolute Gasteiger partial charge is 0.335 e. The molecular formula is C12H22FN3O. The summed E-state index contributed by atoms with van der Waals surface area (Å²) >= 11 is 0. The van der Waals surface area contributed by atoms with Crippen molar-refractivity contribution in [1.29, 1.82) is 0 Å². The van der Waals surface area contributed by atoms with Crippen molar-refractivity contribution in [2.24, 2.45) is 11.7 Å². The second-order valence-electron chi connectivity index (χ2n) is 5.31. The van der Waals surface area contributed by atoms with Crippen molar-refractivity contribution >= 4 is 5.91 Å². The first kappa shape index (κ1) is 12.8. The van der Waals surface area contributed by atoms with Gasteiger partial charge in [-0.2, -0.15) is 0 Å². The average Bonchev–Trinajstić information content (AvgIpc) is 2.76. The summed E-state index contributed by atoms with van der Waals surface area (Å²) in [6, 6.07) is 0.00414. The van der Waals surface area contributed by atoms with E-state index < -0.39 is 5.67 Å². The predicted octanol–water partition coefficient (Wildman–Crippen LogP) is 0.274. The van der Waals surface area contributed by atoms with E-state index in [2.05, 4.69) is 12.2 Å². The Morgan fingerprint density at radius 2 is 2.41 bits per heavy atom. The van der Waals surface area contributed by atoms with Crippen LogP contribution in [0.25, 0.3) is 0 Å². The number of rotatable bonds is 2. The molecule has 2 fully saturated rings. The lowest BCUT2D eigenvalue weighted by molar-refractivity contribution is -0.147. The van der Waals surface area contributed by atoms with Gasteiger partial charge >= 0.3 is 0 Å². The van der Waals surface area contributed by atoms with Crippen LogP contribution in [0.5, 0.6) is 0 Å². The van der Waals surface area contributed by atoms with E-state index in [1.54, 1.807) is 4.90 Å². The molecule has 0 spiro atoms. The summed E-state index contributed by atoms with van der Waals surface area (Å²) in [7, 11) is 0. The maximum absolute atomic E-state index is 14.4. The van der Waals surface area contributed by atoms with E-state index in [9.17, 15) is 9.18 Å². The first-order valence-electron chi connectivity index (χ1n) is 6.49. The van der Waals surface area contributed by atoms with Gasteiger partial charge in [0.15, 0.2) is 0 Å². The van der Waals surface area contributed by atoms with Crippen molar-refractivity contribution in [2.45, 2.75) is 37.9 Å². The highest BCUT2D eigenvalue weighted by Gasteiger charge is 2.46. The number of hydrogen-bond acceptors (Lipinski definition) is 3. The lowest BCUT2D eigenvalue weighted by Crippen LogP contribution is -2.57. The van der Waals surface area contributed by atoms with Gasteiger partial charge < -0.3 is 16.0 Å². The molecule has 0 radical (unpaired) electrons. The van der Waals surface area contributed by atoms with Crippen LogP contribution in [0.4, 0.5) is 4.39 Å². The summed E-state index contributed by atoms with van der Waals surface area (Å²) in [5.74, 6) is 0.0140. The van der Waals surface area contributed by atoms with Gasteiger partial charge in [-0.15, -0.1) is 0 Å². The van der Waals surface area contributed by atoms with E-state index in [1.807, 2.05) is 0 Å². The van der Waals surface area contributed by atoms with Gasteiger partial charge in [-0.3, -0.25) is 4.79 Å². The fourth-order valence-corrected chi connectivity index (χ4v) is 2.96. The number of carbonyl (C=O) groups is 1. The summed E-state index contributed by atoms with van der Waals surface area (Å²) in [5.41, 5.74) is 4.03. The molecule has 2 aliphatic heterocycles. The lowest BCUT2D eigenvalue weighted by Gasteiger charge is -2.41. The number of likely N-dealkylation sites (tertiary alicyclic amines) is 1. The summed E-state index contributed by atoms with van der Waals surface area (Å²) in [6.07, 6.45) is 2.31. The Balaban J connectivity index is 2.11. The molecule has 2 rings (SSSR count). The van der Waals surface area contributed by atoms with Crippen molar-refractivity contribution in [3.63, 3.8) is 0 Å². The third-order valence-electron chi connectivity index (χ3n) is 4.10. The summed E-state index contributed by atoms with van der Waals surface area (Å²) in [6.45, 7) is 3.90. The Hall–Kier alpha value is -0.680. The Morgan fingerprint density at radius 3 is 3.00 bits per heavy atom. The summed E-state index contributed by atoms with van der Waals surface area (Å²) in [5, 5.41) is 2.92. The molecule has 0 aliphatic carbocycles. The van der Waals surface area contributed by atoms with E-state index in [4.69, 9.17) is 5.73 Å². The maximum Gasteiger partial charge on any atom is 0.261 e. The zero-order chi connectivity index (χ0) is 12.5. The number of amides is 1. The van der Waals surface area contributed by atoms with Gasteiger partial charge in [-0.1, -0.05) is 6.92 Å². The molecule has 2 heterocycles. The molecule has 2 aliphatic rings. The molecule has 17 heavy (non-hydrogen) atoms. The minimum atomic E-state index is -1.70. The monoisotopic (exact) mass is 243 g/mol. The zero-order valence-electron chi connectivity index (χ0n) is 10.4. The smallest absolute Gasteiger partial charge is 0.261 e. The minimum absolute atomic E-state index is 0.00414. The topological polar surface area (TPSA) is 58.4 Å². The van der Waals surface area contributed by atoms with Gasteiger partial charge in [-0.25, -0.2) is 4.39 Å². The Kier molecular flexibility index (Phi) is 3.68. The van der Waals surface area contributed by atoms with Crippen LogP contribution in [0, 0.1) is 5.92 Å². The van der Waals surface area contributed by atoms with Crippen molar-refractivity contribution in [3.05, 3.63) is 0 Å². The third-order valence-corrected chi connectivity index (χ3v) is 4.10. The van der Waals surface area contributed by atoms with Gasteiger partial charge in [0.25, 0.3) is 5.91 Å². The van der Waals surface area contributed by atoms with Crippen LogP contribution in [0.1, 0.15) is 26.2 Å². The first-order valence-corrected chi connectivity index (χ1v) is 6.49. The molecule has 3 N–H and O–H groups in total. The van der Waals surface area contributed by atoms with Crippen LogP contribution in [-0.2, 0) is 4.79 Å². The summed E-state index contributed by atoms with van der Waals surface area (Å²) < 4.78 is 14.4. The number of nitrogens with one attached hydrogen (secondary N) is 1. The highest BCUT2D eigenvalue weighted by atomic mass is 19.1. The molecule has 0 saturated carbocycles. The van der Waals surface area contributed by atoms with Crippen LogP contribution in [0.3, 0.4) is 0 Å². The van der Waals surface area contributed by atoms with Crippen molar-refractivity contribution < 1.29 is 9.18 Å². The molecular weight excluding hydrogens is 221 g/mol. The Morgan fingerprint density at radius 1 is 1.65 bits per heavy atom. The Labute approximate surface area is 102 Å². The molecule has 0 bridgehead atoms. The van der Waals surface area contributed by atoms with Crippen LogP contribution in [0.2, 0.25) is 0 Å². The van der Waals surface area contributed by atoms with Gasteiger partial charge in [0.2, 0.25) is 5.67 Å².